The third-order valence-corrected chi connectivity index (χ3v) is 5.62. The average Bonchev–Trinajstić information content (AvgIpc) is 3.08. The number of morpholine rings is 1. The molecule has 176 valence electrons. The minimum Gasteiger partial charge on any atom is -0.477 e. The van der Waals surface area contributed by atoms with E-state index in [1.807, 2.05) is 0 Å². The van der Waals surface area contributed by atoms with Crippen molar-refractivity contribution < 1.29 is 29.3 Å². The number of ether oxygens (including phenoxy) is 2. The zero-order chi connectivity index (χ0) is 22.8. The molecule has 1 saturated carbocycles. The van der Waals surface area contributed by atoms with Crippen molar-refractivity contribution in [2.45, 2.75) is 84.0 Å². The van der Waals surface area contributed by atoms with Gasteiger partial charge in [-0.3, -0.25) is 9.58 Å². The van der Waals surface area contributed by atoms with E-state index in [1.54, 1.807) is 0 Å². The summed E-state index contributed by atoms with van der Waals surface area (Å²) >= 11 is 0. The van der Waals surface area contributed by atoms with Crippen LogP contribution in [0.1, 0.15) is 70.5 Å². The molecule has 0 aromatic carbocycles. The van der Waals surface area contributed by atoms with Crippen molar-refractivity contribution in [3.05, 3.63) is 11.8 Å². The Hall–Kier alpha value is -2.13. The van der Waals surface area contributed by atoms with Gasteiger partial charge in [0.05, 0.1) is 24.9 Å². The molecule has 0 amide bonds. The van der Waals surface area contributed by atoms with E-state index in [9.17, 15) is 0 Å². The minimum atomic E-state index is -1.82. The van der Waals surface area contributed by atoms with Gasteiger partial charge in [-0.15, -0.1) is 5.10 Å². The van der Waals surface area contributed by atoms with Crippen molar-refractivity contribution in [2.75, 3.05) is 26.2 Å². The van der Waals surface area contributed by atoms with E-state index in [1.165, 1.54) is 44.2 Å². The Morgan fingerprint density at radius 1 is 1.10 bits per heavy atom. The van der Waals surface area contributed by atoms with Crippen molar-refractivity contribution >= 4 is 11.9 Å². The van der Waals surface area contributed by atoms with Gasteiger partial charge in [0.25, 0.3) is 0 Å². The lowest BCUT2D eigenvalue weighted by molar-refractivity contribution is -0.159. The molecule has 1 aromatic rings. The second kappa shape index (κ2) is 12.7. The van der Waals surface area contributed by atoms with E-state index in [0.29, 0.717) is 18.2 Å². The number of nitrogens with zero attached hydrogens (tertiary/aromatic N) is 3. The van der Waals surface area contributed by atoms with Crippen molar-refractivity contribution in [2.24, 2.45) is 0 Å². The SMILES string of the molecule is Cc1cc(OCCCCN2CC(C)OC(C)C2)nn1C1CCCCC1.O=C(O)C(=O)O. The van der Waals surface area contributed by atoms with Gasteiger partial charge in [0.1, 0.15) is 0 Å². The van der Waals surface area contributed by atoms with Crippen LogP contribution in [0.3, 0.4) is 0 Å². The van der Waals surface area contributed by atoms with Crippen molar-refractivity contribution in [1.29, 1.82) is 0 Å². The van der Waals surface area contributed by atoms with Crippen molar-refractivity contribution in [1.82, 2.24) is 14.7 Å². The summed E-state index contributed by atoms with van der Waals surface area (Å²) in [7, 11) is 0. The maximum atomic E-state index is 9.10. The highest BCUT2D eigenvalue weighted by atomic mass is 16.5. The Balaban J connectivity index is 0.000000501. The molecule has 0 spiro atoms. The first-order valence-corrected chi connectivity index (χ1v) is 11.3. The Labute approximate surface area is 184 Å². The van der Waals surface area contributed by atoms with Gasteiger partial charge >= 0.3 is 11.9 Å². The van der Waals surface area contributed by atoms with Crippen LogP contribution in [0.15, 0.2) is 6.07 Å². The van der Waals surface area contributed by atoms with Crippen LogP contribution < -0.4 is 4.74 Å². The van der Waals surface area contributed by atoms with Gasteiger partial charge in [-0.1, -0.05) is 19.3 Å². The van der Waals surface area contributed by atoms with E-state index < -0.39 is 11.9 Å². The van der Waals surface area contributed by atoms with Crippen LogP contribution in [0, 0.1) is 6.92 Å². The number of hydrogen-bond donors (Lipinski definition) is 2. The number of rotatable bonds is 7. The average molecular weight is 440 g/mol. The Morgan fingerprint density at radius 3 is 2.29 bits per heavy atom. The molecule has 9 nitrogen and oxygen atoms in total. The minimum absolute atomic E-state index is 0.353. The summed E-state index contributed by atoms with van der Waals surface area (Å²) in [6.45, 7) is 10.5. The molecular weight excluding hydrogens is 402 g/mol. The van der Waals surface area contributed by atoms with Crippen LogP contribution in [0.2, 0.25) is 0 Å². The first-order valence-electron chi connectivity index (χ1n) is 11.3. The summed E-state index contributed by atoms with van der Waals surface area (Å²) in [5.74, 6) is -2.85. The summed E-state index contributed by atoms with van der Waals surface area (Å²) in [4.78, 5) is 20.7. The number of carboxylic acid groups (broad SMARTS) is 2. The topological polar surface area (TPSA) is 114 Å². The van der Waals surface area contributed by atoms with E-state index in [2.05, 4.69) is 36.4 Å². The Bertz CT molecular complexity index is 679. The summed E-state index contributed by atoms with van der Waals surface area (Å²) in [5, 5.41) is 19.5. The predicted molar refractivity (Wildman–Crippen MR) is 116 cm³/mol. The highest BCUT2D eigenvalue weighted by molar-refractivity contribution is 6.27. The number of unbranched alkanes of at least 4 members (excludes halogenated alkanes) is 1. The van der Waals surface area contributed by atoms with Gasteiger partial charge in [-0.2, -0.15) is 0 Å². The highest BCUT2D eigenvalue weighted by Crippen LogP contribution is 2.29. The second-order valence-electron chi connectivity index (χ2n) is 8.54. The Kier molecular flexibility index (Phi) is 10.3. The predicted octanol–water partition coefficient (Wildman–Crippen LogP) is 3.12. The van der Waals surface area contributed by atoms with Gasteiger partial charge < -0.3 is 19.7 Å². The molecule has 1 aromatic heterocycles. The largest absolute Gasteiger partial charge is 0.477 e. The maximum Gasteiger partial charge on any atom is 0.414 e. The number of carbonyl (C=O) groups is 2. The zero-order valence-corrected chi connectivity index (χ0v) is 19.0. The standard InChI is InChI=1S/C20H35N3O2.C2H2O4/c1-16-13-20(21-23(16)19-9-5-4-6-10-19)24-12-8-7-11-22-14-17(2)25-18(3)15-22;3-1(4)2(5)6/h13,17-19H,4-12,14-15H2,1-3H3;(H,3,4)(H,5,6). The van der Waals surface area contributed by atoms with E-state index in [0.717, 1.165) is 38.5 Å². The van der Waals surface area contributed by atoms with Crippen molar-refractivity contribution in [3.8, 4) is 5.88 Å². The van der Waals surface area contributed by atoms with Crippen LogP contribution in [-0.2, 0) is 14.3 Å². The molecule has 2 heterocycles. The molecule has 1 saturated heterocycles. The number of carboxylic acids is 2. The molecule has 9 heteroatoms. The monoisotopic (exact) mass is 439 g/mol. The highest BCUT2D eigenvalue weighted by Gasteiger charge is 2.21. The summed E-state index contributed by atoms with van der Waals surface area (Å²) in [6.07, 6.45) is 9.52. The molecule has 1 aliphatic heterocycles. The van der Waals surface area contributed by atoms with Gasteiger partial charge in [0.15, 0.2) is 0 Å². The third-order valence-electron chi connectivity index (χ3n) is 5.62. The summed E-state index contributed by atoms with van der Waals surface area (Å²) < 4.78 is 13.9. The van der Waals surface area contributed by atoms with Gasteiger partial charge in [-0.25, -0.2) is 9.59 Å². The fourth-order valence-corrected chi connectivity index (χ4v) is 4.31. The number of aliphatic carboxylic acids is 2. The Morgan fingerprint density at radius 2 is 1.71 bits per heavy atom. The van der Waals surface area contributed by atoms with Crippen LogP contribution in [-0.4, -0.2) is 75.3 Å². The smallest absolute Gasteiger partial charge is 0.414 e. The molecule has 2 fully saturated rings. The zero-order valence-electron chi connectivity index (χ0n) is 19.0. The molecule has 0 radical (unpaired) electrons. The molecule has 2 aliphatic rings. The van der Waals surface area contributed by atoms with Crippen LogP contribution in [0.5, 0.6) is 5.88 Å². The molecule has 2 atom stereocenters. The molecule has 3 rings (SSSR count). The molecule has 0 bridgehead atoms. The van der Waals surface area contributed by atoms with Crippen LogP contribution >= 0.6 is 0 Å². The van der Waals surface area contributed by atoms with Gasteiger partial charge in [-0.05, 0) is 53.0 Å². The lowest BCUT2D eigenvalue weighted by Gasteiger charge is -2.35. The van der Waals surface area contributed by atoms with E-state index >= 15 is 0 Å². The fourth-order valence-electron chi connectivity index (χ4n) is 4.31. The molecule has 1 aliphatic carbocycles. The fraction of sp³-hybridized carbons (Fsp3) is 0.773. The normalized spacial score (nSPS) is 22.4. The molecule has 31 heavy (non-hydrogen) atoms. The van der Waals surface area contributed by atoms with Gasteiger partial charge in [0, 0.05) is 24.8 Å². The summed E-state index contributed by atoms with van der Waals surface area (Å²) in [5.41, 5.74) is 1.23. The lowest BCUT2D eigenvalue weighted by Crippen LogP contribution is -2.45. The van der Waals surface area contributed by atoms with Crippen LogP contribution in [0.4, 0.5) is 0 Å². The van der Waals surface area contributed by atoms with Crippen LogP contribution in [0.25, 0.3) is 0 Å². The van der Waals surface area contributed by atoms with Crippen molar-refractivity contribution in [3.63, 3.8) is 0 Å². The quantitative estimate of drug-likeness (QED) is 0.492. The first-order chi connectivity index (χ1) is 14.8. The van der Waals surface area contributed by atoms with E-state index in [4.69, 9.17) is 34.4 Å². The lowest BCUT2D eigenvalue weighted by atomic mass is 9.95. The number of hydrogen-bond acceptors (Lipinski definition) is 6. The van der Waals surface area contributed by atoms with E-state index in [-0.39, 0.29) is 0 Å². The molecule has 2 unspecified atom stereocenters. The van der Waals surface area contributed by atoms with Gasteiger partial charge in [0.2, 0.25) is 5.88 Å². The second-order valence-corrected chi connectivity index (χ2v) is 8.54. The summed E-state index contributed by atoms with van der Waals surface area (Å²) in [6, 6.07) is 2.68. The third kappa shape index (κ3) is 8.86. The number of aromatic nitrogens is 2. The molecular formula is C22H37N3O6. The first kappa shape index (κ1) is 25.1. The molecule has 2 N–H and O–H groups in total. The maximum absolute atomic E-state index is 9.10. The number of aryl methyl sites for hydroxylation is 1.